The second kappa shape index (κ2) is 15.4. The molecule has 2 aliphatic heterocycles. The van der Waals surface area contributed by atoms with Crippen LogP contribution in [0.15, 0.2) is 22.8 Å². The summed E-state index contributed by atoms with van der Waals surface area (Å²) in [6.07, 6.45) is 11.1. The van der Waals surface area contributed by atoms with Crippen LogP contribution in [-0.4, -0.2) is 82.6 Å². The van der Waals surface area contributed by atoms with E-state index in [9.17, 15) is 29.1 Å². The zero-order valence-electron chi connectivity index (χ0n) is 30.2. The maximum atomic E-state index is 12.9. The molecule has 5 N–H and O–H groups in total. The monoisotopic (exact) mass is 746 g/mol. The number of hydrogen-bond acceptors (Lipinski definition) is 8. The average Bonchev–Trinajstić information content (AvgIpc) is 3.73. The molecular weight excluding hydrogens is 692 g/mol. The van der Waals surface area contributed by atoms with Gasteiger partial charge in [0, 0.05) is 53.8 Å². The van der Waals surface area contributed by atoms with Crippen molar-refractivity contribution in [3.8, 4) is 0 Å². The summed E-state index contributed by atoms with van der Waals surface area (Å²) >= 11 is 8.70. The lowest BCUT2D eigenvalue weighted by Crippen LogP contribution is -2.58. The van der Waals surface area contributed by atoms with E-state index in [0.717, 1.165) is 56.3 Å². The van der Waals surface area contributed by atoms with Gasteiger partial charge in [-0.1, -0.05) is 37.9 Å². The molecular formula is C38H55ClN4O7S. The third-order valence-electron chi connectivity index (χ3n) is 13.4. The van der Waals surface area contributed by atoms with Crippen molar-refractivity contribution in [1.29, 1.82) is 0 Å². The standard InChI is InChI=1S/C38H55ClN4O7S/c1-22(38(49)16-13-26-24-20-28(39)27-19-23(44)11-14-36(27,2)25(24)12-15-37(26,38)3)50-33(47)10-9-32(46)41-18-6-17-40-31(45)8-5-4-7-30-34-29(21-51-30)42-35(48)43-34/h19-20,22,24-26,29-30,34,49H,4-18,21H2,1-3H3,(H,40,45)(H,41,46)(H2,42,43,48)/t22?,24-,25+,26+,29+,30+,34+,36-,37+,38+/m1/s1. The van der Waals surface area contributed by atoms with E-state index in [4.69, 9.17) is 16.3 Å². The highest BCUT2D eigenvalue weighted by Crippen LogP contribution is 2.68. The number of thioether (sulfide) groups is 1. The van der Waals surface area contributed by atoms with E-state index in [1.165, 1.54) is 0 Å². The van der Waals surface area contributed by atoms with E-state index in [-0.39, 0.29) is 65.8 Å². The second-order valence-electron chi connectivity index (χ2n) is 16.2. The molecule has 2 heterocycles. The molecule has 10 atom stereocenters. The molecule has 4 aliphatic carbocycles. The number of esters is 1. The van der Waals surface area contributed by atoms with Crippen LogP contribution < -0.4 is 21.3 Å². The highest BCUT2D eigenvalue weighted by atomic mass is 35.5. The van der Waals surface area contributed by atoms with E-state index in [1.54, 1.807) is 13.0 Å². The number of ether oxygens (including phenoxy) is 1. The van der Waals surface area contributed by atoms with Crippen molar-refractivity contribution in [2.24, 2.45) is 28.6 Å². The zero-order valence-corrected chi connectivity index (χ0v) is 31.8. The number of unbranched alkanes of at least 4 members (excludes halogenated alkanes) is 1. The van der Waals surface area contributed by atoms with Crippen molar-refractivity contribution in [1.82, 2.24) is 21.3 Å². The van der Waals surface area contributed by atoms with Crippen LogP contribution in [-0.2, 0) is 23.9 Å². The number of rotatable bonds is 14. The van der Waals surface area contributed by atoms with Crippen LogP contribution in [0.2, 0.25) is 0 Å². The van der Waals surface area contributed by atoms with E-state index in [0.29, 0.717) is 55.0 Å². The minimum Gasteiger partial charge on any atom is -0.460 e. The van der Waals surface area contributed by atoms with Crippen molar-refractivity contribution in [2.75, 3.05) is 18.8 Å². The summed E-state index contributed by atoms with van der Waals surface area (Å²) in [6, 6.07) is 0.316. The van der Waals surface area contributed by atoms with Crippen LogP contribution in [0.5, 0.6) is 0 Å². The zero-order chi connectivity index (χ0) is 36.6. The number of amides is 4. The highest BCUT2D eigenvalue weighted by molar-refractivity contribution is 8.00. The van der Waals surface area contributed by atoms with Crippen molar-refractivity contribution in [3.05, 3.63) is 22.8 Å². The Balaban J connectivity index is 0.868. The first kappa shape index (κ1) is 38.2. The molecule has 0 aromatic heterocycles. The maximum absolute atomic E-state index is 12.9. The predicted octanol–water partition coefficient (Wildman–Crippen LogP) is 4.65. The Hall–Kier alpha value is -2.57. The van der Waals surface area contributed by atoms with Gasteiger partial charge < -0.3 is 31.1 Å². The number of aliphatic hydroxyl groups is 1. The molecule has 6 aliphatic rings. The van der Waals surface area contributed by atoms with Gasteiger partial charge >= 0.3 is 12.0 Å². The number of urea groups is 1. The van der Waals surface area contributed by atoms with E-state index in [2.05, 4.69) is 41.2 Å². The molecule has 1 unspecified atom stereocenters. The quantitative estimate of drug-likeness (QED) is 0.0975. The first-order valence-electron chi connectivity index (χ1n) is 19.0. The molecule has 0 aromatic rings. The van der Waals surface area contributed by atoms with Gasteiger partial charge in [0.1, 0.15) is 11.7 Å². The average molecular weight is 747 g/mol. The lowest BCUT2D eigenvalue weighted by Gasteiger charge is -2.58. The number of carbonyl (C=O) groups excluding carboxylic acids is 5. The second-order valence-corrected chi connectivity index (χ2v) is 17.9. The molecule has 2 saturated heterocycles. The smallest absolute Gasteiger partial charge is 0.315 e. The predicted molar refractivity (Wildman–Crippen MR) is 196 cm³/mol. The molecule has 0 bridgehead atoms. The summed E-state index contributed by atoms with van der Waals surface area (Å²) in [5.74, 6) is 0.978. The molecule has 51 heavy (non-hydrogen) atoms. The Labute approximate surface area is 310 Å². The van der Waals surface area contributed by atoms with Gasteiger partial charge in [-0.25, -0.2) is 4.79 Å². The van der Waals surface area contributed by atoms with Crippen LogP contribution in [0.4, 0.5) is 4.79 Å². The number of carbonyl (C=O) groups is 5. The number of allylic oxidation sites excluding steroid dienone is 4. The van der Waals surface area contributed by atoms with Gasteiger partial charge in [0.25, 0.3) is 0 Å². The minimum absolute atomic E-state index is 0.00962. The van der Waals surface area contributed by atoms with Crippen LogP contribution in [0.25, 0.3) is 0 Å². The molecule has 282 valence electrons. The molecule has 2 saturated carbocycles. The molecule has 11 nitrogen and oxygen atoms in total. The van der Waals surface area contributed by atoms with Crippen molar-refractivity contribution >= 4 is 53.0 Å². The third kappa shape index (κ3) is 7.61. The molecule has 0 spiro atoms. The third-order valence-corrected chi connectivity index (χ3v) is 15.2. The summed E-state index contributed by atoms with van der Waals surface area (Å²) in [5.41, 5.74) is -0.862. The lowest BCUT2D eigenvalue weighted by atomic mass is 9.48. The Kier molecular flexibility index (Phi) is 11.5. The minimum atomic E-state index is -1.20. The van der Waals surface area contributed by atoms with Crippen LogP contribution in [0.3, 0.4) is 0 Å². The van der Waals surface area contributed by atoms with Crippen molar-refractivity contribution in [2.45, 2.75) is 133 Å². The molecule has 13 heteroatoms. The molecule has 0 aromatic carbocycles. The summed E-state index contributed by atoms with van der Waals surface area (Å²) in [5, 5.41) is 24.9. The fourth-order valence-corrected chi connectivity index (χ4v) is 12.3. The van der Waals surface area contributed by atoms with Gasteiger partial charge in [-0.05, 0) is 93.1 Å². The highest BCUT2D eigenvalue weighted by Gasteiger charge is 2.66. The number of hydrogen-bond donors (Lipinski definition) is 5. The Bertz CT molecular complexity index is 1470. The normalized spacial score (nSPS) is 37.0. The lowest BCUT2D eigenvalue weighted by molar-refractivity contribution is -0.191. The van der Waals surface area contributed by atoms with Gasteiger partial charge in [0.15, 0.2) is 5.78 Å². The molecule has 4 amide bonds. The first-order valence-corrected chi connectivity index (χ1v) is 20.4. The summed E-state index contributed by atoms with van der Waals surface area (Å²) in [4.78, 5) is 61.3. The van der Waals surface area contributed by atoms with Crippen LogP contribution >= 0.6 is 23.4 Å². The molecule has 6 rings (SSSR count). The number of nitrogens with one attached hydrogen (secondary N) is 4. The molecule has 4 fully saturated rings. The van der Waals surface area contributed by atoms with Gasteiger partial charge in [-0.15, -0.1) is 0 Å². The number of ketones is 1. The fourth-order valence-electron chi connectivity index (χ4n) is 10.4. The van der Waals surface area contributed by atoms with E-state index in [1.807, 2.05) is 11.8 Å². The molecule has 0 radical (unpaired) electrons. The van der Waals surface area contributed by atoms with Gasteiger partial charge in [-0.2, -0.15) is 11.8 Å². The Morgan fingerprint density at radius 2 is 1.73 bits per heavy atom. The van der Waals surface area contributed by atoms with Crippen LogP contribution in [0, 0.1) is 28.6 Å². The van der Waals surface area contributed by atoms with Gasteiger partial charge in [-0.3, -0.25) is 19.2 Å². The first-order chi connectivity index (χ1) is 24.2. The summed E-state index contributed by atoms with van der Waals surface area (Å²) < 4.78 is 5.81. The summed E-state index contributed by atoms with van der Waals surface area (Å²) in [6.45, 7) is 6.98. The Morgan fingerprint density at radius 3 is 2.49 bits per heavy atom. The summed E-state index contributed by atoms with van der Waals surface area (Å²) in [7, 11) is 0. The SMILES string of the molecule is CC(OC(=O)CCC(=O)NCCCNC(=O)CCCC[C@@H]1SC[C@@H]2NC(=O)N[C@@H]21)[C@@]1(O)CC[C@H]2[C@@H]3C=C(Cl)C4=CC(=O)CC[C@]4(C)[C@H]3CC[C@@]21C. The van der Waals surface area contributed by atoms with E-state index < -0.39 is 23.1 Å². The maximum Gasteiger partial charge on any atom is 0.315 e. The topological polar surface area (TPSA) is 163 Å². The Morgan fingerprint density at radius 1 is 1.00 bits per heavy atom. The van der Waals surface area contributed by atoms with Crippen LogP contribution in [0.1, 0.15) is 104 Å². The van der Waals surface area contributed by atoms with Crippen molar-refractivity contribution in [3.63, 3.8) is 0 Å². The van der Waals surface area contributed by atoms with Gasteiger partial charge in [0.05, 0.1) is 18.5 Å². The van der Waals surface area contributed by atoms with Crippen molar-refractivity contribution < 1.29 is 33.8 Å². The largest absolute Gasteiger partial charge is 0.460 e. The van der Waals surface area contributed by atoms with E-state index >= 15 is 0 Å². The fraction of sp³-hybridized carbons (Fsp3) is 0.763. The number of fused-ring (bicyclic) bond motifs is 6. The number of halogens is 1. The van der Waals surface area contributed by atoms with Gasteiger partial charge in [0.2, 0.25) is 11.8 Å².